The summed E-state index contributed by atoms with van der Waals surface area (Å²) < 4.78 is 5.78. The lowest BCUT2D eigenvalue weighted by Crippen LogP contribution is -2.19. The normalized spacial score (nSPS) is 16.6. The van der Waals surface area contributed by atoms with Crippen LogP contribution >= 0.6 is 27.7 Å². The summed E-state index contributed by atoms with van der Waals surface area (Å²) in [6.45, 7) is 0. The Hall–Kier alpha value is -2.85. The van der Waals surface area contributed by atoms with Crippen molar-refractivity contribution >= 4 is 56.2 Å². The smallest absolute Gasteiger partial charge is 0.269 e. The summed E-state index contributed by atoms with van der Waals surface area (Å²) in [5, 5.41) is 23.9. The van der Waals surface area contributed by atoms with E-state index in [1.165, 1.54) is 37.5 Å². The lowest BCUT2D eigenvalue weighted by atomic mass is 10.1. The zero-order valence-electron chi connectivity index (χ0n) is 13.8. The number of aliphatic imine (C=N–C) groups is 1. The fourth-order valence-electron chi connectivity index (χ4n) is 2.25. The van der Waals surface area contributed by atoms with E-state index < -0.39 is 4.92 Å². The van der Waals surface area contributed by atoms with Crippen molar-refractivity contribution in [3.8, 4) is 11.5 Å². The average Bonchev–Trinajstić information content (AvgIpc) is 2.97. The number of halogens is 1. The Morgan fingerprint density at radius 1 is 1.33 bits per heavy atom. The third-order valence-electron chi connectivity index (χ3n) is 3.52. The van der Waals surface area contributed by atoms with Crippen molar-refractivity contribution < 1.29 is 19.6 Å². The Kier molecular flexibility index (Phi) is 5.47. The van der Waals surface area contributed by atoms with Gasteiger partial charge in [0.15, 0.2) is 16.7 Å². The van der Waals surface area contributed by atoms with Crippen LogP contribution in [0.3, 0.4) is 0 Å². The minimum absolute atomic E-state index is 0.0401. The largest absolute Gasteiger partial charge is 0.504 e. The van der Waals surface area contributed by atoms with Crippen LogP contribution in [-0.4, -0.2) is 28.2 Å². The topological polar surface area (TPSA) is 114 Å². The highest BCUT2D eigenvalue weighted by molar-refractivity contribution is 9.10. The van der Waals surface area contributed by atoms with E-state index >= 15 is 0 Å². The van der Waals surface area contributed by atoms with Gasteiger partial charge < -0.3 is 15.2 Å². The Morgan fingerprint density at radius 3 is 2.67 bits per heavy atom. The number of thioether (sulfide) groups is 1. The number of phenolic OH excluding ortho intramolecular Hbond substituents is 1. The number of amides is 1. The molecule has 2 aromatic rings. The van der Waals surface area contributed by atoms with E-state index in [0.29, 0.717) is 25.8 Å². The summed E-state index contributed by atoms with van der Waals surface area (Å²) in [7, 11) is 1.43. The molecule has 0 bridgehead atoms. The van der Waals surface area contributed by atoms with Gasteiger partial charge in [0.25, 0.3) is 11.6 Å². The molecule has 3 rings (SSSR count). The van der Waals surface area contributed by atoms with Crippen LogP contribution in [0.4, 0.5) is 11.4 Å². The van der Waals surface area contributed by atoms with Gasteiger partial charge in [0.05, 0.1) is 22.6 Å². The molecule has 1 aliphatic heterocycles. The summed E-state index contributed by atoms with van der Waals surface area (Å²) in [5.74, 6) is -0.166. The third-order valence-corrected chi connectivity index (χ3v) is 4.89. The van der Waals surface area contributed by atoms with Crippen LogP contribution < -0.4 is 10.1 Å². The Labute approximate surface area is 166 Å². The number of aromatic hydroxyl groups is 1. The van der Waals surface area contributed by atoms with E-state index in [0.717, 1.165) is 11.8 Å². The molecular formula is C17H12BrN3O5S. The van der Waals surface area contributed by atoms with Crippen molar-refractivity contribution in [3.05, 3.63) is 61.5 Å². The van der Waals surface area contributed by atoms with Gasteiger partial charge in [-0.05, 0) is 42.1 Å². The molecule has 2 aromatic carbocycles. The molecule has 138 valence electrons. The summed E-state index contributed by atoms with van der Waals surface area (Å²) in [5.41, 5.74) is 0.841. The molecule has 0 atom stereocenters. The number of phenols is 1. The summed E-state index contributed by atoms with van der Waals surface area (Å²) in [6, 6.07) is 8.92. The lowest BCUT2D eigenvalue weighted by Gasteiger charge is -2.07. The molecule has 0 spiro atoms. The molecule has 0 unspecified atom stereocenters. The quantitative estimate of drug-likeness (QED) is 0.414. The lowest BCUT2D eigenvalue weighted by molar-refractivity contribution is -0.384. The molecular weight excluding hydrogens is 438 g/mol. The number of rotatable bonds is 4. The summed E-state index contributed by atoms with van der Waals surface area (Å²) in [6.07, 6.45) is 1.53. The second-order valence-corrected chi connectivity index (χ2v) is 7.25. The van der Waals surface area contributed by atoms with Gasteiger partial charge in [0, 0.05) is 22.2 Å². The van der Waals surface area contributed by atoms with Crippen LogP contribution in [0.5, 0.6) is 11.5 Å². The molecule has 0 aromatic heterocycles. The van der Waals surface area contributed by atoms with E-state index in [4.69, 9.17) is 4.74 Å². The molecule has 10 heteroatoms. The molecule has 1 heterocycles. The number of benzene rings is 2. The van der Waals surface area contributed by atoms with Gasteiger partial charge in [-0.2, -0.15) is 0 Å². The number of carbonyl (C=O) groups is 1. The minimum atomic E-state index is -0.497. The number of nitro groups is 1. The number of nitrogens with one attached hydrogen (secondary N) is 1. The Morgan fingerprint density at radius 2 is 2.04 bits per heavy atom. The highest BCUT2D eigenvalue weighted by Gasteiger charge is 2.24. The number of ether oxygens (including phenoxy) is 1. The highest BCUT2D eigenvalue weighted by Crippen LogP contribution is 2.37. The van der Waals surface area contributed by atoms with E-state index in [2.05, 4.69) is 26.2 Å². The van der Waals surface area contributed by atoms with Gasteiger partial charge in [0.2, 0.25) is 0 Å². The molecule has 1 fully saturated rings. The zero-order chi connectivity index (χ0) is 19.6. The van der Waals surface area contributed by atoms with Crippen LogP contribution in [0.2, 0.25) is 0 Å². The summed E-state index contributed by atoms with van der Waals surface area (Å²) >= 11 is 4.42. The number of carbonyl (C=O) groups excluding carboxylic acids is 1. The van der Waals surface area contributed by atoms with E-state index in [1.54, 1.807) is 12.1 Å². The van der Waals surface area contributed by atoms with Crippen molar-refractivity contribution in [1.82, 2.24) is 5.32 Å². The number of amidine groups is 1. The Bertz CT molecular complexity index is 989. The van der Waals surface area contributed by atoms with Crippen LogP contribution in [0, 0.1) is 10.1 Å². The van der Waals surface area contributed by atoms with Gasteiger partial charge >= 0.3 is 0 Å². The summed E-state index contributed by atoms with van der Waals surface area (Å²) in [4.78, 5) is 27.0. The van der Waals surface area contributed by atoms with Crippen molar-refractivity contribution in [2.45, 2.75) is 0 Å². The second-order valence-electron chi connectivity index (χ2n) is 5.30. The monoisotopic (exact) mass is 449 g/mol. The molecule has 8 nitrogen and oxygen atoms in total. The molecule has 0 aliphatic carbocycles. The minimum Gasteiger partial charge on any atom is -0.504 e. The molecule has 27 heavy (non-hydrogen) atoms. The predicted molar refractivity (Wildman–Crippen MR) is 106 cm³/mol. The van der Waals surface area contributed by atoms with Crippen LogP contribution in [-0.2, 0) is 4.79 Å². The number of hydrogen-bond donors (Lipinski definition) is 2. The highest BCUT2D eigenvalue weighted by atomic mass is 79.9. The second kappa shape index (κ2) is 7.80. The molecule has 1 amide bonds. The van der Waals surface area contributed by atoms with Gasteiger partial charge in [-0.3, -0.25) is 14.9 Å². The van der Waals surface area contributed by atoms with Crippen LogP contribution in [0.25, 0.3) is 6.08 Å². The molecule has 1 aliphatic rings. The third kappa shape index (κ3) is 4.29. The van der Waals surface area contributed by atoms with Crippen molar-refractivity contribution in [2.75, 3.05) is 7.11 Å². The number of nitrogens with zero attached hydrogens (tertiary/aromatic N) is 2. The maximum atomic E-state index is 12.2. The van der Waals surface area contributed by atoms with E-state index in [1.807, 2.05) is 0 Å². The molecule has 0 saturated carbocycles. The van der Waals surface area contributed by atoms with Gasteiger partial charge in [-0.25, -0.2) is 4.99 Å². The molecule has 1 saturated heterocycles. The first-order valence-corrected chi connectivity index (χ1v) is 9.09. The van der Waals surface area contributed by atoms with Crippen molar-refractivity contribution in [1.29, 1.82) is 0 Å². The first-order chi connectivity index (χ1) is 12.9. The average molecular weight is 450 g/mol. The maximum absolute atomic E-state index is 12.2. The zero-order valence-corrected chi connectivity index (χ0v) is 16.2. The maximum Gasteiger partial charge on any atom is 0.269 e. The van der Waals surface area contributed by atoms with Gasteiger partial charge in [-0.15, -0.1) is 0 Å². The fraction of sp³-hybridized carbons (Fsp3) is 0.0588. The van der Waals surface area contributed by atoms with Crippen LogP contribution in [0.15, 0.2) is 50.8 Å². The predicted octanol–water partition coefficient (Wildman–Crippen LogP) is 3.96. The standard InChI is InChI=1S/C17H12BrN3O5S/c1-26-13-8-10(18)6-9(15(13)22)7-14-16(23)20-17(27-14)19-11-2-4-12(5-3-11)21(24)25/h2-8,22H,1H3,(H,19,20,23)/b14-7-. The van der Waals surface area contributed by atoms with Crippen molar-refractivity contribution in [3.63, 3.8) is 0 Å². The fourth-order valence-corrected chi connectivity index (χ4v) is 3.54. The first-order valence-electron chi connectivity index (χ1n) is 7.48. The van der Waals surface area contributed by atoms with Crippen LogP contribution in [0.1, 0.15) is 5.56 Å². The number of nitro benzene ring substituents is 1. The van der Waals surface area contributed by atoms with E-state index in [-0.39, 0.29) is 23.1 Å². The SMILES string of the molecule is COc1cc(Br)cc(/C=C2\SC(=Nc3ccc([N+](=O)[O-])cc3)NC2=O)c1O. The first kappa shape index (κ1) is 18.9. The molecule has 0 radical (unpaired) electrons. The number of hydrogen-bond acceptors (Lipinski definition) is 7. The number of non-ortho nitro benzene ring substituents is 1. The van der Waals surface area contributed by atoms with Gasteiger partial charge in [0.1, 0.15) is 0 Å². The molecule has 2 N–H and O–H groups in total. The van der Waals surface area contributed by atoms with Gasteiger partial charge in [-0.1, -0.05) is 15.9 Å². The van der Waals surface area contributed by atoms with Crippen molar-refractivity contribution in [2.24, 2.45) is 4.99 Å². The Balaban J connectivity index is 1.86. The van der Waals surface area contributed by atoms with E-state index in [9.17, 15) is 20.0 Å². The number of methoxy groups -OCH3 is 1.